The molecule has 0 radical (unpaired) electrons. The Kier molecular flexibility index (Phi) is 5.52. The second kappa shape index (κ2) is 7.49. The Labute approximate surface area is 150 Å². The van der Waals surface area contributed by atoms with E-state index in [0.717, 1.165) is 45.0 Å². The molecule has 9 heteroatoms. The van der Waals surface area contributed by atoms with Crippen molar-refractivity contribution < 1.29 is 13.2 Å². The summed E-state index contributed by atoms with van der Waals surface area (Å²) in [6.45, 7) is 6.78. The molecule has 1 atom stereocenters. The van der Waals surface area contributed by atoms with Crippen molar-refractivity contribution in [3.63, 3.8) is 0 Å². The standard InChI is InChI=1S/C16H29N5O3S/c1-2-17-15(18-6-9-21-8-4-10-25(21,23)24)20-7-3-5-16(13-20)11-14(22)19-12-16/h2-13H2,1H3,(H,17,18)(H,19,22). The van der Waals surface area contributed by atoms with E-state index in [1.807, 2.05) is 6.92 Å². The third-order valence-electron chi connectivity index (χ3n) is 5.31. The summed E-state index contributed by atoms with van der Waals surface area (Å²) in [4.78, 5) is 18.5. The molecule has 1 amide bonds. The summed E-state index contributed by atoms with van der Waals surface area (Å²) in [5, 5.41) is 6.28. The fourth-order valence-electron chi connectivity index (χ4n) is 4.06. The number of nitrogens with zero attached hydrogens (tertiary/aromatic N) is 3. The summed E-state index contributed by atoms with van der Waals surface area (Å²) in [5.74, 6) is 1.23. The average molecular weight is 372 g/mol. The summed E-state index contributed by atoms with van der Waals surface area (Å²) in [6.07, 6.45) is 3.41. The summed E-state index contributed by atoms with van der Waals surface area (Å²) in [7, 11) is -3.06. The smallest absolute Gasteiger partial charge is 0.220 e. The van der Waals surface area contributed by atoms with Gasteiger partial charge in [0.15, 0.2) is 5.96 Å². The van der Waals surface area contributed by atoms with Crippen LogP contribution in [0.3, 0.4) is 0 Å². The Morgan fingerprint density at radius 3 is 2.84 bits per heavy atom. The fraction of sp³-hybridized carbons (Fsp3) is 0.875. The number of piperidine rings is 1. The average Bonchev–Trinajstić information content (AvgIpc) is 3.09. The monoisotopic (exact) mass is 371 g/mol. The van der Waals surface area contributed by atoms with Gasteiger partial charge in [0.2, 0.25) is 15.9 Å². The van der Waals surface area contributed by atoms with Gasteiger partial charge in [-0.1, -0.05) is 0 Å². The van der Waals surface area contributed by atoms with Crippen LogP contribution in [0.25, 0.3) is 0 Å². The highest BCUT2D eigenvalue weighted by atomic mass is 32.2. The quantitative estimate of drug-likeness (QED) is 0.518. The van der Waals surface area contributed by atoms with Crippen molar-refractivity contribution in [2.75, 3.05) is 51.6 Å². The van der Waals surface area contributed by atoms with Crippen molar-refractivity contribution in [2.24, 2.45) is 10.4 Å². The van der Waals surface area contributed by atoms with Gasteiger partial charge in [-0.05, 0) is 26.2 Å². The van der Waals surface area contributed by atoms with Crippen molar-refractivity contribution in [1.29, 1.82) is 0 Å². The van der Waals surface area contributed by atoms with E-state index >= 15 is 0 Å². The van der Waals surface area contributed by atoms with E-state index in [4.69, 9.17) is 0 Å². The van der Waals surface area contributed by atoms with E-state index in [9.17, 15) is 13.2 Å². The Morgan fingerprint density at radius 1 is 1.36 bits per heavy atom. The van der Waals surface area contributed by atoms with Gasteiger partial charge in [-0.25, -0.2) is 12.7 Å². The van der Waals surface area contributed by atoms with Crippen LogP contribution in [0.5, 0.6) is 0 Å². The Morgan fingerprint density at radius 2 is 2.20 bits per heavy atom. The van der Waals surface area contributed by atoms with Gasteiger partial charge in [0.25, 0.3) is 0 Å². The van der Waals surface area contributed by atoms with Crippen molar-refractivity contribution in [3.8, 4) is 0 Å². The number of carbonyl (C=O) groups is 1. The number of nitrogens with one attached hydrogen (secondary N) is 2. The van der Waals surface area contributed by atoms with Gasteiger partial charge in [0.1, 0.15) is 0 Å². The molecule has 25 heavy (non-hydrogen) atoms. The zero-order valence-corrected chi connectivity index (χ0v) is 15.8. The molecule has 0 bridgehead atoms. The summed E-state index contributed by atoms with van der Waals surface area (Å²) in [6, 6.07) is 0. The first-order valence-corrected chi connectivity index (χ1v) is 10.8. The maximum absolute atomic E-state index is 11.9. The predicted molar refractivity (Wildman–Crippen MR) is 96.8 cm³/mol. The van der Waals surface area contributed by atoms with Crippen LogP contribution in [0.4, 0.5) is 0 Å². The first-order valence-electron chi connectivity index (χ1n) is 9.22. The van der Waals surface area contributed by atoms with Gasteiger partial charge in [-0.15, -0.1) is 0 Å². The topological polar surface area (TPSA) is 94.1 Å². The Bertz CT molecular complexity index is 636. The van der Waals surface area contributed by atoms with E-state index in [0.29, 0.717) is 32.5 Å². The normalized spacial score (nSPS) is 30.0. The minimum Gasteiger partial charge on any atom is -0.357 e. The molecule has 0 aromatic rings. The number of likely N-dealkylation sites (tertiary alicyclic amines) is 1. The molecule has 142 valence electrons. The third kappa shape index (κ3) is 4.25. The van der Waals surface area contributed by atoms with Crippen LogP contribution in [-0.4, -0.2) is 81.1 Å². The van der Waals surface area contributed by atoms with Crippen molar-refractivity contribution >= 4 is 21.9 Å². The summed E-state index contributed by atoms with van der Waals surface area (Å²) >= 11 is 0. The van der Waals surface area contributed by atoms with E-state index in [1.165, 1.54) is 4.31 Å². The lowest BCUT2D eigenvalue weighted by atomic mass is 9.79. The van der Waals surface area contributed by atoms with Gasteiger partial charge < -0.3 is 15.5 Å². The molecule has 1 unspecified atom stereocenters. The lowest BCUT2D eigenvalue weighted by Gasteiger charge is -2.40. The van der Waals surface area contributed by atoms with E-state index < -0.39 is 10.0 Å². The maximum Gasteiger partial charge on any atom is 0.220 e. The second-order valence-corrected chi connectivity index (χ2v) is 9.37. The molecule has 3 rings (SSSR count). The molecule has 3 aliphatic heterocycles. The van der Waals surface area contributed by atoms with Crippen molar-refractivity contribution in [3.05, 3.63) is 0 Å². The lowest BCUT2D eigenvalue weighted by molar-refractivity contribution is -0.119. The number of hydrogen-bond acceptors (Lipinski definition) is 4. The molecule has 1 spiro atoms. The van der Waals surface area contributed by atoms with Gasteiger partial charge in [0.05, 0.1) is 12.3 Å². The minimum atomic E-state index is -3.06. The van der Waals surface area contributed by atoms with Gasteiger partial charge >= 0.3 is 0 Å². The number of aliphatic imine (C=N–C) groups is 1. The number of hydrogen-bond donors (Lipinski definition) is 2. The highest BCUT2D eigenvalue weighted by Gasteiger charge is 2.42. The summed E-state index contributed by atoms with van der Waals surface area (Å²) in [5.41, 5.74) is 0.0177. The van der Waals surface area contributed by atoms with Crippen LogP contribution in [-0.2, 0) is 14.8 Å². The first kappa shape index (κ1) is 18.4. The van der Waals surface area contributed by atoms with Crippen LogP contribution < -0.4 is 10.6 Å². The molecule has 2 N–H and O–H groups in total. The summed E-state index contributed by atoms with van der Waals surface area (Å²) < 4.78 is 25.3. The van der Waals surface area contributed by atoms with Gasteiger partial charge in [-0.2, -0.15) is 0 Å². The highest BCUT2D eigenvalue weighted by Crippen LogP contribution is 2.35. The zero-order valence-electron chi connectivity index (χ0n) is 15.0. The van der Waals surface area contributed by atoms with E-state index in [2.05, 4.69) is 20.5 Å². The highest BCUT2D eigenvalue weighted by molar-refractivity contribution is 7.89. The van der Waals surface area contributed by atoms with Crippen LogP contribution in [0.2, 0.25) is 0 Å². The SMILES string of the molecule is CCNC(=NCCN1CCCS1(=O)=O)N1CCCC2(CNC(=O)C2)C1. The third-order valence-corrected chi connectivity index (χ3v) is 7.26. The van der Waals surface area contributed by atoms with Gasteiger partial charge in [-0.3, -0.25) is 9.79 Å². The number of guanidine groups is 1. The number of rotatable bonds is 4. The molecule has 3 fully saturated rings. The van der Waals surface area contributed by atoms with Crippen molar-refractivity contribution in [2.45, 2.75) is 32.6 Å². The predicted octanol–water partition coefficient (Wildman–Crippen LogP) is -0.410. The molecule has 0 aromatic heterocycles. The molecule has 3 aliphatic rings. The molecule has 8 nitrogen and oxygen atoms in total. The Hall–Kier alpha value is -1.35. The van der Waals surface area contributed by atoms with Gasteiger partial charge in [0, 0.05) is 51.1 Å². The molecular formula is C16H29N5O3S. The molecule has 3 heterocycles. The molecule has 3 saturated heterocycles. The number of carbonyl (C=O) groups excluding carboxylic acids is 1. The maximum atomic E-state index is 11.9. The molecular weight excluding hydrogens is 342 g/mol. The Balaban J connectivity index is 1.62. The first-order chi connectivity index (χ1) is 11.9. The minimum absolute atomic E-state index is 0.0177. The molecule has 0 saturated carbocycles. The molecule has 0 aromatic carbocycles. The largest absolute Gasteiger partial charge is 0.357 e. The van der Waals surface area contributed by atoms with Crippen molar-refractivity contribution in [1.82, 2.24) is 19.8 Å². The van der Waals surface area contributed by atoms with Crippen LogP contribution >= 0.6 is 0 Å². The second-order valence-electron chi connectivity index (χ2n) is 7.28. The number of amides is 1. The van der Waals surface area contributed by atoms with E-state index in [1.54, 1.807) is 0 Å². The van der Waals surface area contributed by atoms with Crippen LogP contribution in [0, 0.1) is 5.41 Å². The molecule has 0 aliphatic carbocycles. The fourth-order valence-corrected chi connectivity index (χ4v) is 5.58. The number of sulfonamides is 1. The van der Waals surface area contributed by atoms with E-state index in [-0.39, 0.29) is 17.1 Å². The van der Waals surface area contributed by atoms with Crippen LogP contribution in [0.15, 0.2) is 4.99 Å². The zero-order chi connectivity index (χ0) is 17.9. The van der Waals surface area contributed by atoms with Crippen LogP contribution in [0.1, 0.15) is 32.6 Å². The lowest BCUT2D eigenvalue weighted by Crippen LogP contribution is -2.51.